The van der Waals surface area contributed by atoms with E-state index in [1.807, 2.05) is 45.0 Å². The standard InChI is InChI=1S/C19H27N5OS.HI/c1-5-6-18(25)24-16-9-7-15(8-10-16)11-21-19(20-4)22-12-17-13(2)23-14(3)26-17;/h7-10H,5-6,11-12H2,1-4H3,(H,24,25)(H2,20,21,22);1H. The second kappa shape index (κ2) is 11.9. The minimum atomic E-state index is 0. The fraction of sp³-hybridized carbons (Fsp3) is 0.421. The molecule has 1 amide bonds. The summed E-state index contributed by atoms with van der Waals surface area (Å²) in [7, 11) is 1.76. The lowest BCUT2D eigenvalue weighted by molar-refractivity contribution is -0.116. The first-order valence-corrected chi connectivity index (χ1v) is 9.59. The summed E-state index contributed by atoms with van der Waals surface area (Å²) in [4.78, 5) is 21.5. The van der Waals surface area contributed by atoms with Crippen molar-refractivity contribution in [3.05, 3.63) is 45.4 Å². The number of amides is 1. The maximum atomic E-state index is 11.6. The van der Waals surface area contributed by atoms with Gasteiger partial charge in [0.15, 0.2) is 5.96 Å². The third kappa shape index (κ3) is 7.84. The van der Waals surface area contributed by atoms with Gasteiger partial charge >= 0.3 is 0 Å². The second-order valence-electron chi connectivity index (χ2n) is 6.02. The largest absolute Gasteiger partial charge is 0.352 e. The highest BCUT2D eigenvalue weighted by Crippen LogP contribution is 2.16. The van der Waals surface area contributed by atoms with Gasteiger partial charge < -0.3 is 16.0 Å². The van der Waals surface area contributed by atoms with Gasteiger partial charge in [0.2, 0.25) is 5.91 Å². The Kier molecular flexibility index (Phi) is 10.3. The summed E-state index contributed by atoms with van der Waals surface area (Å²) in [6, 6.07) is 7.84. The molecule has 0 saturated heterocycles. The molecule has 0 aliphatic heterocycles. The van der Waals surface area contributed by atoms with Crippen LogP contribution in [0.1, 0.15) is 40.9 Å². The molecule has 27 heavy (non-hydrogen) atoms. The number of benzene rings is 1. The van der Waals surface area contributed by atoms with Gasteiger partial charge in [-0.25, -0.2) is 4.98 Å². The second-order valence-corrected chi connectivity index (χ2v) is 7.30. The van der Waals surface area contributed by atoms with Crippen molar-refractivity contribution in [3.8, 4) is 0 Å². The number of rotatable bonds is 7. The Morgan fingerprint density at radius 3 is 2.37 bits per heavy atom. The van der Waals surface area contributed by atoms with E-state index in [1.165, 1.54) is 4.88 Å². The van der Waals surface area contributed by atoms with Crippen molar-refractivity contribution in [2.75, 3.05) is 12.4 Å². The highest BCUT2D eigenvalue weighted by atomic mass is 127. The molecule has 0 bridgehead atoms. The number of nitrogens with zero attached hydrogens (tertiary/aromatic N) is 2. The van der Waals surface area contributed by atoms with Crippen molar-refractivity contribution in [2.45, 2.75) is 46.7 Å². The number of hydrogen-bond donors (Lipinski definition) is 3. The van der Waals surface area contributed by atoms with Crippen molar-refractivity contribution >= 4 is 52.9 Å². The zero-order valence-electron chi connectivity index (χ0n) is 16.3. The number of thiazole rings is 1. The molecular weight excluding hydrogens is 473 g/mol. The predicted octanol–water partition coefficient (Wildman–Crippen LogP) is 3.98. The highest BCUT2D eigenvalue weighted by Gasteiger charge is 2.06. The first-order valence-electron chi connectivity index (χ1n) is 8.78. The molecule has 0 aliphatic carbocycles. The molecule has 2 aromatic rings. The van der Waals surface area contributed by atoms with E-state index in [1.54, 1.807) is 18.4 Å². The lowest BCUT2D eigenvalue weighted by Gasteiger charge is -2.12. The van der Waals surface area contributed by atoms with Gasteiger partial charge in [0.05, 0.1) is 17.2 Å². The lowest BCUT2D eigenvalue weighted by atomic mass is 10.2. The first-order chi connectivity index (χ1) is 12.5. The fourth-order valence-corrected chi connectivity index (χ4v) is 3.34. The number of carbonyl (C=O) groups excluding carboxylic acids is 1. The SMILES string of the molecule is CCCC(=O)Nc1ccc(CNC(=NC)NCc2sc(C)nc2C)cc1.I. The number of anilines is 1. The molecule has 0 atom stereocenters. The minimum Gasteiger partial charge on any atom is -0.352 e. The van der Waals surface area contributed by atoms with E-state index in [2.05, 4.69) is 25.9 Å². The van der Waals surface area contributed by atoms with E-state index < -0.39 is 0 Å². The molecule has 1 heterocycles. The summed E-state index contributed by atoms with van der Waals surface area (Å²) < 4.78 is 0. The van der Waals surface area contributed by atoms with E-state index in [0.717, 1.165) is 34.3 Å². The average molecular weight is 501 g/mol. The Morgan fingerprint density at radius 1 is 1.15 bits per heavy atom. The zero-order chi connectivity index (χ0) is 18.9. The van der Waals surface area contributed by atoms with Gasteiger partial charge in [-0.05, 0) is 38.0 Å². The fourth-order valence-electron chi connectivity index (χ4n) is 2.46. The quantitative estimate of drug-likeness (QED) is 0.305. The van der Waals surface area contributed by atoms with E-state index in [-0.39, 0.29) is 29.9 Å². The Bertz CT molecular complexity index is 758. The summed E-state index contributed by atoms with van der Waals surface area (Å²) >= 11 is 1.70. The number of aromatic nitrogens is 1. The third-order valence-corrected chi connectivity index (χ3v) is 4.89. The Morgan fingerprint density at radius 2 is 1.81 bits per heavy atom. The molecule has 0 unspecified atom stereocenters. The van der Waals surface area contributed by atoms with E-state index >= 15 is 0 Å². The average Bonchev–Trinajstić information content (AvgIpc) is 2.94. The van der Waals surface area contributed by atoms with E-state index in [0.29, 0.717) is 19.5 Å². The molecule has 1 aromatic carbocycles. The Labute approximate surface area is 182 Å². The molecule has 0 fully saturated rings. The highest BCUT2D eigenvalue weighted by molar-refractivity contribution is 14.0. The van der Waals surface area contributed by atoms with Gasteiger partial charge in [-0.2, -0.15) is 0 Å². The van der Waals surface area contributed by atoms with Gasteiger partial charge in [-0.1, -0.05) is 19.1 Å². The van der Waals surface area contributed by atoms with Crippen molar-refractivity contribution in [3.63, 3.8) is 0 Å². The zero-order valence-corrected chi connectivity index (χ0v) is 19.4. The van der Waals surface area contributed by atoms with Crippen LogP contribution in [0, 0.1) is 13.8 Å². The number of carbonyl (C=O) groups is 1. The van der Waals surface area contributed by atoms with Crippen LogP contribution in [-0.4, -0.2) is 23.9 Å². The summed E-state index contributed by atoms with van der Waals surface area (Å²) in [5, 5.41) is 10.6. The minimum absolute atomic E-state index is 0. The number of guanidine groups is 1. The summed E-state index contributed by atoms with van der Waals surface area (Å²) in [5.41, 5.74) is 3.01. The topological polar surface area (TPSA) is 78.4 Å². The van der Waals surface area contributed by atoms with Crippen LogP contribution in [0.25, 0.3) is 0 Å². The van der Waals surface area contributed by atoms with Gasteiger partial charge in [0, 0.05) is 30.6 Å². The van der Waals surface area contributed by atoms with Crippen LogP contribution in [-0.2, 0) is 17.9 Å². The maximum absolute atomic E-state index is 11.6. The maximum Gasteiger partial charge on any atom is 0.224 e. The summed E-state index contributed by atoms with van der Waals surface area (Å²) in [6.07, 6.45) is 1.39. The van der Waals surface area contributed by atoms with E-state index in [9.17, 15) is 4.79 Å². The number of halogens is 1. The first kappa shape index (κ1) is 23.4. The van der Waals surface area contributed by atoms with Gasteiger partial charge in [-0.15, -0.1) is 35.3 Å². The Balaban J connectivity index is 0.00000364. The van der Waals surface area contributed by atoms with Crippen molar-refractivity contribution in [2.24, 2.45) is 4.99 Å². The number of aliphatic imine (C=N–C) groups is 1. The molecule has 6 nitrogen and oxygen atoms in total. The van der Waals surface area contributed by atoms with Crippen LogP contribution in [0.5, 0.6) is 0 Å². The molecule has 2 rings (SSSR count). The monoisotopic (exact) mass is 501 g/mol. The van der Waals surface area contributed by atoms with Crippen LogP contribution in [0.4, 0.5) is 5.69 Å². The molecule has 3 N–H and O–H groups in total. The normalized spacial score (nSPS) is 10.9. The third-order valence-electron chi connectivity index (χ3n) is 3.81. The molecule has 148 valence electrons. The predicted molar refractivity (Wildman–Crippen MR) is 124 cm³/mol. The molecule has 0 aliphatic rings. The van der Waals surface area contributed by atoms with Gasteiger partial charge in [0.25, 0.3) is 0 Å². The molecule has 0 saturated carbocycles. The van der Waals surface area contributed by atoms with E-state index in [4.69, 9.17) is 0 Å². The van der Waals surface area contributed by atoms with Crippen molar-refractivity contribution < 1.29 is 4.79 Å². The van der Waals surface area contributed by atoms with Gasteiger partial charge in [0.1, 0.15) is 0 Å². The van der Waals surface area contributed by atoms with Gasteiger partial charge in [-0.3, -0.25) is 9.79 Å². The molecule has 8 heteroatoms. The molecular formula is C19H28IN5OS. The lowest BCUT2D eigenvalue weighted by Crippen LogP contribution is -2.36. The van der Waals surface area contributed by atoms with Crippen LogP contribution in [0.3, 0.4) is 0 Å². The molecule has 1 aromatic heterocycles. The van der Waals surface area contributed by atoms with Crippen LogP contribution in [0.2, 0.25) is 0 Å². The van der Waals surface area contributed by atoms with Crippen molar-refractivity contribution in [1.29, 1.82) is 0 Å². The smallest absolute Gasteiger partial charge is 0.224 e. The van der Waals surface area contributed by atoms with Crippen molar-refractivity contribution in [1.82, 2.24) is 15.6 Å². The molecule has 0 radical (unpaired) electrons. The Hall–Kier alpha value is -1.68. The number of nitrogens with one attached hydrogen (secondary N) is 3. The summed E-state index contributed by atoms with van der Waals surface area (Å²) in [5.74, 6) is 0.798. The van der Waals surface area contributed by atoms with Crippen LogP contribution < -0.4 is 16.0 Å². The van der Waals surface area contributed by atoms with Crippen LogP contribution >= 0.6 is 35.3 Å². The molecule has 0 spiro atoms. The number of aryl methyl sites for hydroxylation is 2. The number of hydrogen-bond acceptors (Lipinski definition) is 4. The summed E-state index contributed by atoms with van der Waals surface area (Å²) in [6.45, 7) is 7.40. The van der Waals surface area contributed by atoms with Crippen LogP contribution in [0.15, 0.2) is 29.3 Å².